The van der Waals surface area contributed by atoms with E-state index in [1.165, 1.54) is 0 Å². The van der Waals surface area contributed by atoms with E-state index in [2.05, 4.69) is 4.74 Å². The Hall–Kier alpha value is -0.970. The van der Waals surface area contributed by atoms with Gasteiger partial charge in [-0.15, -0.1) is 0 Å². The number of nitrogens with one attached hydrogen (secondary N) is 1. The zero-order chi connectivity index (χ0) is 7.98. The second-order valence-corrected chi connectivity index (χ2v) is 1.51. The van der Waals surface area contributed by atoms with Gasteiger partial charge in [-0.1, -0.05) is 11.6 Å². The molecule has 2 N–H and O–H groups in total. The fraction of sp³-hybridized carbons (Fsp3) is 0.500. The Labute approximate surface area is 61.9 Å². The summed E-state index contributed by atoms with van der Waals surface area (Å²) in [5, 5.41) is 9.97. The van der Waals surface area contributed by atoms with Crippen molar-refractivity contribution in [2.45, 2.75) is 0 Å². The number of hydrogen-bond donors (Lipinski definition) is 2. The number of amides is 1. The number of carboxylic acids is 1. The minimum Gasteiger partial charge on any atom is -0.480 e. The second-order valence-electron chi connectivity index (χ2n) is 1.29. The summed E-state index contributed by atoms with van der Waals surface area (Å²) in [4.78, 5) is 20.1. The predicted molar refractivity (Wildman–Crippen MR) is 32.8 cm³/mol. The van der Waals surface area contributed by atoms with Gasteiger partial charge in [0, 0.05) is 0 Å². The van der Waals surface area contributed by atoms with Crippen LogP contribution in [0, 0.1) is 0 Å². The number of carbonyl (C=O) groups is 2. The summed E-state index contributed by atoms with van der Waals surface area (Å²) < 4.78 is 4.14. The van der Waals surface area contributed by atoms with Crippen LogP contribution in [0.3, 0.4) is 0 Å². The van der Waals surface area contributed by atoms with Gasteiger partial charge < -0.3 is 15.2 Å². The molecule has 5 nitrogen and oxygen atoms in total. The van der Waals surface area contributed by atoms with Gasteiger partial charge in [0.15, 0.2) is 6.07 Å². The van der Waals surface area contributed by atoms with E-state index in [1.54, 1.807) is 0 Å². The normalized spacial score (nSPS) is 8.50. The molecule has 0 saturated carbocycles. The second kappa shape index (κ2) is 4.87. The van der Waals surface area contributed by atoms with Crippen LogP contribution in [0.1, 0.15) is 0 Å². The number of alkyl halides is 1. The number of carboxylic acid groups (broad SMARTS) is 1. The zero-order valence-corrected chi connectivity index (χ0v) is 5.72. The fourth-order valence-electron chi connectivity index (χ4n) is 0.248. The highest BCUT2D eigenvalue weighted by Crippen LogP contribution is 1.79. The zero-order valence-electron chi connectivity index (χ0n) is 4.96. The largest absolute Gasteiger partial charge is 0.480 e. The quantitative estimate of drug-likeness (QED) is 0.580. The maximum Gasteiger partial charge on any atom is 0.408 e. The molecule has 0 aliphatic heterocycles. The van der Waals surface area contributed by atoms with Crippen molar-refractivity contribution in [1.82, 2.24) is 5.32 Å². The molecule has 0 rings (SSSR count). The van der Waals surface area contributed by atoms with Crippen LogP contribution >= 0.6 is 11.6 Å². The number of rotatable bonds is 3. The molecule has 0 bridgehead atoms. The van der Waals surface area contributed by atoms with E-state index in [0.29, 0.717) is 0 Å². The number of alkyl carbamates (subject to hydrolysis) is 1. The van der Waals surface area contributed by atoms with Crippen molar-refractivity contribution in [2.75, 3.05) is 12.6 Å². The summed E-state index contributed by atoms with van der Waals surface area (Å²) >= 11 is 4.98. The lowest BCUT2D eigenvalue weighted by Gasteiger charge is -1.99. The Kier molecular flexibility index (Phi) is 4.39. The van der Waals surface area contributed by atoms with Gasteiger partial charge in [0.1, 0.15) is 6.54 Å². The van der Waals surface area contributed by atoms with E-state index < -0.39 is 18.6 Å². The highest BCUT2D eigenvalue weighted by molar-refractivity contribution is 6.17. The lowest BCUT2D eigenvalue weighted by atomic mass is 10.7. The van der Waals surface area contributed by atoms with Gasteiger partial charge in [0.25, 0.3) is 0 Å². The summed E-state index contributed by atoms with van der Waals surface area (Å²) in [5.74, 6) is -1.13. The minimum atomic E-state index is -1.13. The Balaban J connectivity index is 3.30. The van der Waals surface area contributed by atoms with Crippen LogP contribution in [-0.2, 0) is 9.53 Å². The molecule has 10 heavy (non-hydrogen) atoms. The highest BCUT2D eigenvalue weighted by Gasteiger charge is 2.01. The van der Waals surface area contributed by atoms with Crippen molar-refractivity contribution in [2.24, 2.45) is 0 Å². The molecule has 1 amide bonds. The number of hydrogen-bond acceptors (Lipinski definition) is 3. The summed E-state index contributed by atoms with van der Waals surface area (Å²) in [7, 11) is 0. The Morgan fingerprint density at radius 3 is 2.60 bits per heavy atom. The number of aliphatic carboxylic acids is 1. The molecular formula is C4H6ClNO4. The SMILES string of the molecule is O=C(O)CNC(=O)OCCl. The summed E-state index contributed by atoms with van der Waals surface area (Å²) in [6.45, 7) is -0.463. The Bertz CT molecular complexity index is 137. The topological polar surface area (TPSA) is 75.6 Å². The maximum atomic E-state index is 10.3. The van der Waals surface area contributed by atoms with Crippen molar-refractivity contribution in [1.29, 1.82) is 0 Å². The first-order valence-corrected chi connectivity index (χ1v) is 2.88. The van der Waals surface area contributed by atoms with Crippen LogP contribution in [-0.4, -0.2) is 29.8 Å². The van der Waals surface area contributed by atoms with Gasteiger partial charge >= 0.3 is 12.1 Å². The third kappa shape index (κ3) is 5.17. The van der Waals surface area contributed by atoms with Gasteiger partial charge in [-0.25, -0.2) is 4.79 Å². The van der Waals surface area contributed by atoms with Crippen molar-refractivity contribution in [3.05, 3.63) is 0 Å². The molecule has 0 saturated heterocycles. The minimum absolute atomic E-state index is 0.286. The Morgan fingerprint density at radius 1 is 1.60 bits per heavy atom. The van der Waals surface area contributed by atoms with Gasteiger partial charge in [-0.2, -0.15) is 0 Å². The molecule has 0 aromatic heterocycles. The molecule has 0 unspecified atom stereocenters. The number of carbonyl (C=O) groups excluding carboxylic acids is 1. The molecule has 58 valence electrons. The summed E-state index contributed by atoms with van der Waals surface area (Å²) in [6.07, 6.45) is -0.836. The Morgan fingerprint density at radius 2 is 2.20 bits per heavy atom. The average Bonchev–Trinajstić information content (AvgIpc) is 1.85. The molecule has 0 spiro atoms. The molecular weight excluding hydrogens is 162 g/mol. The number of ether oxygens (including phenoxy) is 1. The van der Waals surface area contributed by atoms with Gasteiger partial charge in [-0.05, 0) is 0 Å². The highest BCUT2D eigenvalue weighted by atomic mass is 35.5. The molecule has 6 heteroatoms. The fourth-order valence-corrected chi connectivity index (χ4v) is 0.347. The van der Waals surface area contributed by atoms with E-state index in [4.69, 9.17) is 16.7 Å². The molecule has 0 radical (unpaired) electrons. The molecule has 0 aliphatic carbocycles. The monoisotopic (exact) mass is 167 g/mol. The number of halogens is 1. The lowest BCUT2D eigenvalue weighted by molar-refractivity contribution is -0.135. The van der Waals surface area contributed by atoms with Gasteiger partial charge in [0.2, 0.25) is 0 Å². The third-order valence-corrected chi connectivity index (χ3v) is 0.679. The molecule has 0 heterocycles. The smallest absolute Gasteiger partial charge is 0.408 e. The van der Waals surface area contributed by atoms with E-state index in [-0.39, 0.29) is 6.07 Å². The first kappa shape index (κ1) is 9.03. The van der Waals surface area contributed by atoms with Crippen LogP contribution in [0.15, 0.2) is 0 Å². The van der Waals surface area contributed by atoms with Crippen LogP contribution in [0.25, 0.3) is 0 Å². The maximum absolute atomic E-state index is 10.3. The van der Waals surface area contributed by atoms with E-state index >= 15 is 0 Å². The van der Waals surface area contributed by atoms with Crippen LogP contribution < -0.4 is 5.32 Å². The molecule has 0 aromatic rings. The van der Waals surface area contributed by atoms with Crippen molar-refractivity contribution in [3.63, 3.8) is 0 Å². The molecule has 0 aromatic carbocycles. The van der Waals surface area contributed by atoms with Crippen LogP contribution in [0.4, 0.5) is 4.79 Å². The van der Waals surface area contributed by atoms with E-state index in [0.717, 1.165) is 0 Å². The van der Waals surface area contributed by atoms with Crippen LogP contribution in [0.2, 0.25) is 0 Å². The molecule has 0 fully saturated rings. The van der Waals surface area contributed by atoms with Crippen molar-refractivity contribution in [3.8, 4) is 0 Å². The average molecular weight is 168 g/mol. The summed E-state index contributed by atoms with van der Waals surface area (Å²) in [5.41, 5.74) is 0. The summed E-state index contributed by atoms with van der Waals surface area (Å²) in [6, 6.07) is -0.286. The van der Waals surface area contributed by atoms with Crippen molar-refractivity contribution >= 4 is 23.7 Å². The first-order chi connectivity index (χ1) is 4.66. The lowest BCUT2D eigenvalue weighted by Crippen LogP contribution is -2.29. The van der Waals surface area contributed by atoms with E-state index in [1.807, 2.05) is 5.32 Å². The van der Waals surface area contributed by atoms with Crippen LogP contribution in [0.5, 0.6) is 0 Å². The molecule has 0 atom stereocenters. The standard InChI is InChI=1S/C4H6ClNO4/c5-2-10-4(9)6-1-3(7)8/h1-2H2,(H,6,9)(H,7,8). The first-order valence-electron chi connectivity index (χ1n) is 2.35. The third-order valence-electron chi connectivity index (χ3n) is 0.570. The van der Waals surface area contributed by atoms with Gasteiger partial charge in [-0.3, -0.25) is 4.79 Å². The van der Waals surface area contributed by atoms with E-state index in [9.17, 15) is 9.59 Å². The molecule has 0 aliphatic rings. The van der Waals surface area contributed by atoms with Gasteiger partial charge in [0.05, 0.1) is 0 Å². The predicted octanol–water partition coefficient (Wildman–Crippen LogP) is -0.00650. The van der Waals surface area contributed by atoms with Crippen molar-refractivity contribution < 1.29 is 19.4 Å².